The third-order valence-corrected chi connectivity index (χ3v) is 4.67. The predicted molar refractivity (Wildman–Crippen MR) is 85.3 cm³/mol. The zero-order valence-electron chi connectivity index (χ0n) is 12.3. The third kappa shape index (κ3) is 2.45. The fourth-order valence-electron chi connectivity index (χ4n) is 2.27. The van der Waals surface area contributed by atoms with Gasteiger partial charge in [-0.15, -0.1) is 11.3 Å². The Hall–Kier alpha value is -2.14. The summed E-state index contributed by atoms with van der Waals surface area (Å²) < 4.78 is 5.45. The number of rotatable bonds is 3. The number of thiophene rings is 1. The molecule has 0 radical (unpaired) electrons. The van der Waals surface area contributed by atoms with Gasteiger partial charge in [0.25, 0.3) is 5.89 Å². The molecule has 3 rings (SSSR count). The zero-order chi connectivity index (χ0) is 15.0. The molecule has 0 aliphatic heterocycles. The van der Waals surface area contributed by atoms with E-state index in [0.717, 1.165) is 21.0 Å². The predicted octanol–water partition coefficient (Wildman–Crippen LogP) is 4.01. The first-order chi connectivity index (χ1) is 9.98. The van der Waals surface area contributed by atoms with Gasteiger partial charge in [-0.25, -0.2) is 0 Å². The fraction of sp³-hybridized carbons (Fsp3) is 0.250. The van der Waals surface area contributed by atoms with Gasteiger partial charge in [0, 0.05) is 0 Å². The lowest BCUT2D eigenvalue weighted by molar-refractivity contribution is 0.408. The van der Waals surface area contributed by atoms with Crippen molar-refractivity contribution >= 4 is 16.3 Å². The lowest BCUT2D eigenvalue weighted by atomic mass is 9.84. The highest BCUT2D eigenvalue weighted by Gasteiger charge is 2.29. The molecule has 0 spiro atoms. The second kappa shape index (κ2) is 5.00. The van der Waals surface area contributed by atoms with Crippen molar-refractivity contribution in [2.24, 2.45) is 0 Å². The van der Waals surface area contributed by atoms with Crippen molar-refractivity contribution in [3.63, 3.8) is 0 Å². The third-order valence-electron chi connectivity index (χ3n) is 3.61. The van der Waals surface area contributed by atoms with Crippen molar-refractivity contribution in [2.75, 3.05) is 5.73 Å². The van der Waals surface area contributed by atoms with Gasteiger partial charge in [0.2, 0.25) is 0 Å². The number of anilines is 1. The molecule has 0 fully saturated rings. The minimum absolute atomic E-state index is 0.306. The lowest BCUT2D eigenvalue weighted by Gasteiger charge is -2.20. The van der Waals surface area contributed by atoms with Gasteiger partial charge < -0.3 is 10.3 Å². The summed E-state index contributed by atoms with van der Waals surface area (Å²) in [5, 5.41) is 4.92. The van der Waals surface area contributed by atoms with E-state index >= 15 is 0 Å². The summed E-state index contributed by atoms with van der Waals surface area (Å²) in [6, 6.07) is 12.1. The minimum Gasteiger partial charge on any atom is -0.391 e. The highest BCUT2D eigenvalue weighted by molar-refractivity contribution is 7.19. The van der Waals surface area contributed by atoms with Gasteiger partial charge in [-0.05, 0) is 38.0 Å². The van der Waals surface area contributed by atoms with Crippen LogP contribution in [0.15, 0.2) is 40.9 Å². The second-order valence-electron chi connectivity index (χ2n) is 5.58. The molecule has 2 aromatic heterocycles. The Labute approximate surface area is 127 Å². The summed E-state index contributed by atoms with van der Waals surface area (Å²) in [6.45, 7) is 6.17. The van der Waals surface area contributed by atoms with Crippen LogP contribution in [0.25, 0.3) is 10.8 Å². The number of nitrogens with zero attached hydrogens (tertiary/aromatic N) is 2. The maximum Gasteiger partial charge on any atom is 0.268 e. The van der Waals surface area contributed by atoms with Crippen molar-refractivity contribution in [1.29, 1.82) is 0 Å². The molecule has 0 amide bonds. The number of aromatic nitrogens is 2. The number of hydrogen-bond acceptors (Lipinski definition) is 5. The standard InChI is InChI=1S/C16H17N3OS/c1-10-9-12(17)21-13(10)14-18-15(19-20-14)16(2,3)11-7-5-4-6-8-11/h4-9H,17H2,1-3H3. The normalized spacial score (nSPS) is 11.8. The van der Waals surface area contributed by atoms with Crippen LogP contribution in [0, 0.1) is 6.92 Å². The van der Waals surface area contributed by atoms with E-state index in [9.17, 15) is 0 Å². The molecule has 0 saturated heterocycles. The Morgan fingerprint density at radius 2 is 1.90 bits per heavy atom. The molecule has 108 valence electrons. The highest BCUT2D eigenvalue weighted by atomic mass is 32.1. The first-order valence-corrected chi connectivity index (χ1v) is 7.56. The molecule has 0 saturated carbocycles. The number of benzene rings is 1. The maximum atomic E-state index is 5.83. The minimum atomic E-state index is -0.306. The molecule has 21 heavy (non-hydrogen) atoms. The van der Waals surface area contributed by atoms with E-state index in [2.05, 4.69) is 36.1 Å². The van der Waals surface area contributed by atoms with Crippen LogP contribution in [-0.2, 0) is 5.41 Å². The summed E-state index contributed by atoms with van der Waals surface area (Å²) in [4.78, 5) is 5.52. The van der Waals surface area contributed by atoms with Crippen LogP contribution < -0.4 is 5.73 Å². The Bertz CT molecular complexity index is 759. The van der Waals surface area contributed by atoms with E-state index in [1.54, 1.807) is 0 Å². The summed E-state index contributed by atoms with van der Waals surface area (Å²) in [5.74, 6) is 1.21. The molecule has 1 aromatic carbocycles. The summed E-state index contributed by atoms with van der Waals surface area (Å²) in [5.41, 5.74) is 7.74. The Morgan fingerprint density at radius 1 is 1.19 bits per heavy atom. The van der Waals surface area contributed by atoms with Crippen molar-refractivity contribution in [1.82, 2.24) is 10.1 Å². The first-order valence-electron chi connectivity index (χ1n) is 6.74. The van der Waals surface area contributed by atoms with Crippen LogP contribution in [0.2, 0.25) is 0 Å². The molecule has 0 atom stereocenters. The Balaban J connectivity index is 2.00. The van der Waals surface area contributed by atoms with Gasteiger partial charge in [0.1, 0.15) is 0 Å². The van der Waals surface area contributed by atoms with Gasteiger partial charge in [-0.2, -0.15) is 4.98 Å². The van der Waals surface area contributed by atoms with E-state index in [1.165, 1.54) is 11.3 Å². The van der Waals surface area contributed by atoms with E-state index in [0.29, 0.717) is 11.7 Å². The quantitative estimate of drug-likeness (QED) is 0.793. The molecule has 5 heteroatoms. The molecule has 2 heterocycles. The highest BCUT2D eigenvalue weighted by Crippen LogP contribution is 2.35. The average molecular weight is 299 g/mol. The largest absolute Gasteiger partial charge is 0.391 e. The number of nitrogen functional groups attached to an aromatic ring is 1. The van der Waals surface area contributed by atoms with Crippen molar-refractivity contribution in [2.45, 2.75) is 26.2 Å². The van der Waals surface area contributed by atoms with E-state index in [1.807, 2.05) is 31.2 Å². The molecular formula is C16H17N3OS. The zero-order valence-corrected chi connectivity index (χ0v) is 13.1. The molecule has 2 N–H and O–H groups in total. The average Bonchev–Trinajstić information content (AvgIpc) is 3.06. The van der Waals surface area contributed by atoms with E-state index < -0.39 is 0 Å². The first kappa shape index (κ1) is 13.8. The maximum absolute atomic E-state index is 5.83. The topological polar surface area (TPSA) is 64.9 Å². The molecule has 0 bridgehead atoms. The molecule has 3 aromatic rings. The van der Waals surface area contributed by atoms with Crippen molar-refractivity contribution < 1.29 is 4.52 Å². The van der Waals surface area contributed by atoms with E-state index in [4.69, 9.17) is 10.3 Å². The van der Waals surface area contributed by atoms with Gasteiger partial charge in [0.05, 0.1) is 15.3 Å². The smallest absolute Gasteiger partial charge is 0.268 e. The van der Waals surface area contributed by atoms with Crippen LogP contribution >= 0.6 is 11.3 Å². The molecule has 0 aliphatic carbocycles. The van der Waals surface area contributed by atoms with Gasteiger partial charge in [-0.1, -0.05) is 35.5 Å². The summed E-state index contributed by atoms with van der Waals surface area (Å²) in [6.07, 6.45) is 0. The number of nitrogens with two attached hydrogens (primary N) is 1. The Morgan fingerprint density at radius 3 is 2.52 bits per heavy atom. The van der Waals surface area contributed by atoms with Gasteiger partial charge in [0.15, 0.2) is 5.82 Å². The molecule has 4 nitrogen and oxygen atoms in total. The monoisotopic (exact) mass is 299 g/mol. The fourth-order valence-corrected chi connectivity index (χ4v) is 3.13. The molecule has 0 aliphatic rings. The van der Waals surface area contributed by atoms with Crippen LogP contribution in [0.3, 0.4) is 0 Å². The summed E-state index contributed by atoms with van der Waals surface area (Å²) >= 11 is 1.47. The SMILES string of the molecule is Cc1cc(N)sc1-c1nc(C(C)(C)c2ccccc2)no1. The van der Waals surface area contributed by atoms with Crippen molar-refractivity contribution in [3.05, 3.63) is 53.3 Å². The molecule has 0 unspecified atom stereocenters. The van der Waals surface area contributed by atoms with Crippen LogP contribution in [-0.4, -0.2) is 10.1 Å². The summed E-state index contributed by atoms with van der Waals surface area (Å²) in [7, 11) is 0. The van der Waals surface area contributed by atoms with E-state index in [-0.39, 0.29) is 5.41 Å². The lowest BCUT2D eigenvalue weighted by Crippen LogP contribution is -2.20. The van der Waals surface area contributed by atoms with Crippen LogP contribution in [0.1, 0.15) is 30.8 Å². The number of hydrogen-bond donors (Lipinski definition) is 1. The molecular weight excluding hydrogens is 282 g/mol. The number of aryl methyl sites for hydroxylation is 1. The van der Waals surface area contributed by atoms with Crippen molar-refractivity contribution in [3.8, 4) is 10.8 Å². The van der Waals surface area contributed by atoms with Crippen LogP contribution in [0.4, 0.5) is 5.00 Å². The van der Waals surface area contributed by atoms with Gasteiger partial charge in [-0.3, -0.25) is 0 Å². The Kier molecular flexibility index (Phi) is 3.29. The van der Waals surface area contributed by atoms with Crippen LogP contribution in [0.5, 0.6) is 0 Å². The second-order valence-corrected chi connectivity index (χ2v) is 6.66. The van der Waals surface area contributed by atoms with Gasteiger partial charge >= 0.3 is 0 Å².